The summed E-state index contributed by atoms with van der Waals surface area (Å²) in [6, 6.07) is 10.5. The average Bonchev–Trinajstić information content (AvgIpc) is 2.82. The lowest BCUT2D eigenvalue weighted by atomic mass is 10.1. The minimum Gasteiger partial charge on any atom is -0.454 e. The van der Waals surface area contributed by atoms with Gasteiger partial charge in [-0.2, -0.15) is 0 Å². The zero-order valence-electron chi connectivity index (χ0n) is 18.7. The molecular weight excluding hydrogens is 426 g/mol. The average molecular weight is 453 g/mol. The summed E-state index contributed by atoms with van der Waals surface area (Å²) in [6.07, 6.45) is 3.03. The number of amides is 1. The van der Waals surface area contributed by atoms with E-state index in [-0.39, 0.29) is 23.1 Å². The first-order chi connectivity index (χ1) is 15.8. The fourth-order valence-electron chi connectivity index (χ4n) is 3.52. The van der Waals surface area contributed by atoms with Crippen molar-refractivity contribution in [2.45, 2.75) is 33.1 Å². The molecule has 0 radical (unpaired) electrons. The molecule has 3 rings (SSSR count). The quantitative estimate of drug-likeness (QED) is 0.275. The molecule has 0 atom stereocenters. The summed E-state index contributed by atoms with van der Waals surface area (Å²) in [4.78, 5) is 49.6. The molecule has 1 heterocycles. The SMILES string of the molecule is CC(C)C(=O)Nc1ccc(C(=O)COC(=O)c2ccc(N3CCCCC3)c([N+](=O)[O-])c2)cc1. The molecule has 0 spiro atoms. The van der Waals surface area contributed by atoms with Gasteiger partial charge in [0.1, 0.15) is 5.69 Å². The Morgan fingerprint density at radius 3 is 2.27 bits per heavy atom. The van der Waals surface area contributed by atoms with E-state index in [1.807, 2.05) is 4.90 Å². The lowest BCUT2D eigenvalue weighted by Crippen LogP contribution is -2.30. The van der Waals surface area contributed by atoms with Crippen molar-refractivity contribution in [2.24, 2.45) is 5.92 Å². The highest BCUT2D eigenvalue weighted by Crippen LogP contribution is 2.31. The summed E-state index contributed by atoms with van der Waals surface area (Å²) in [5.74, 6) is -1.54. The zero-order valence-corrected chi connectivity index (χ0v) is 18.7. The Balaban J connectivity index is 1.63. The number of ether oxygens (including phenoxy) is 1. The number of rotatable bonds is 8. The van der Waals surface area contributed by atoms with Crippen LogP contribution in [0.4, 0.5) is 17.1 Å². The Hall–Kier alpha value is -3.75. The van der Waals surface area contributed by atoms with Gasteiger partial charge in [-0.05, 0) is 55.7 Å². The largest absolute Gasteiger partial charge is 0.454 e. The van der Waals surface area contributed by atoms with Gasteiger partial charge in [-0.15, -0.1) is 0 Å². The fraction of sp³-hybridized carbons (Fsp3) is 0.375. The number of anilines is 2. The van der Waals surface area contributed by atoms with Crippen molar-refractivity contribution < 1.29 is 24.0 Å². The van der Waals surface area contributed by atoms with Crippen LogP contribution in [0.1, 0.15) is 53.8 Å². The number of esters is 1. The summed E-state index contributed by atoms with van der Waals surface area (Å²) in [7, 11) is 0. The van der Waals surface area contributed by atoms with E-state index in [9.17, 15) is 24.5 Å². The molecule has 0 aliphatic carbocycles. The molecule has 1 aliphatic rings. The standard InChI is InChI=1S/C24H27N3O6/c1-16(2)23(29)25-19-9-6-17(7-10-19)22(28)15-33-24(30)18-8-11-20(21(14-18)27(31)32)26-12-4-3-5-13-26/h6-11,14,16H,3-5,12-13,15H2,1-2H3,(H,25,29). The Kier molecular flexibility index (Phi) is 7.76. The third-order valence-corrected chi connectivity index (χ3v) is 5.44. The van der Waals surface area contributed by atoms with Crippen molar-refractivity contribution in [3.63, 3.8) is 0 Å². The minimum absolute atomic E-state index is 0.0157. The zero-order chi connectivity index (χ0) is 24.0. The lowest BCUT2D eigenvalue weighted by molar-refractivity contribution is -0.384. The number of piperidine rings is 1. The molecule has 1 fully saturated rings. The van der Waals surface area contributed by atoms with E-state index in [2.05, 4.69) is 5.32 Å². The van der Waals surface area contributed by atoms with Gasteiger partial charge in [-0.3, -0.25) is 19.7 Å². The molecule has 0 bridgehead atoms. The number of nitrogens with one attached hydrogen (secondary N) is 1. The van der Waals surface area contributed by atoms with Gasteiger partial charge in [-0.1, -0.05) is 13.8 Å². The van der Waals surface area contributed by atoms with Crippen LogP contribution in [0.15, 0.2) is 42.5 Å². The van der Waals surface area contributed by atoms with Crippen LogP contribution >= 0.6 is 0 Å². The van der Waals surface area contributed by atoms with Crippen LogP contribution in [0.3, 0.4) is 0 Å². The number of hydrogen-bond acceptors (Lipinski definition) is 7. The maximum Gasteiger partial charge on any atom is 0.338 e. The highest BCUT2D eigenvalue weighted by molar-refractivity contribution is 6.00. The van der Waals surface area contributed by atoms with E-state index in [0.717, 1.165) is 32.4 Å². The van der Waals surface area contributed by atoms with Crippen LogP contribution in [-0.2, 0) is 9.53 Å². The second-order valence-corrected chi connectivity index (χ2v) is 8.23. The van der Waals surface area contributed by atoms with Crippen molar-refractivity contribution in [1.82, 2.24) is 0 Å². The van der Waals surface area contributed by atoms with Gasteiger partial charge in [0.05, 0.1) is 10.5 Å². The van der Waals surface area contributed by atoms with Gasteiger partial charge in [0.25, 0.3) is 5.69 Å². The summed E-state index contributed by atoms with van der Waals surface area (Å²) in [6.45, 7) is 4.52. The number of benzene rings is 2. The number of carbonyl (C=O) groups is 3. The third kappa shape index (κ3) is 6.15. The van der Waals surface area contributed by atoms with Gasteiger partial charge in [0, 0.05) is 36.3 Å². The lowest BCUT2D eigenvalue weighted by Gasteiger charge is -2.28. The Labute approximate surface area is 191 Å². The number of nitrogens with zero attached hydrogens (tertiary/aromatic N) is 2. The van der Waals surface area contributed by atoms with E-state index >= 15 is 0 Å². The van der Waals surface area contributed by atoms with E-state index in [0.29, 0.717) is 16.9 Å². The molecule has 2 aromatic carbocycles. The van der Waals surface area contributed by atoms with E-state index in [4.69, 9.17) is 4.74 Å². The Bertz CT molecular complexity index is 1040. The summed E-state index contributed by atoms with van der Waals surface area (Å²) in [5, 5.41) is 14.3. The molecule has 1 N–H and O–H groups in total. The molecule has 1 aliphatic heterocycles. The topological polar surface area (TPSA) is 119 Å². The number of nitro groups is 1. The predicted molar refractivity (Wildman–Crippen MR) is 124 cm³/mol. The smallest absolute Gasteiger partial charge is 0.338 e. The van der Waals surface area contributed by atoms with Crippen molar-refractivity contribution in [1.29, 1.82) is 0 Å². The van der Waals surface area contributed by atoms with Gasteiger partial charge in [0.15, 0.2) is 12.4 Å². The monoisotopic (exact) mass is 453 g/mol. The van der Waals surface area contributed by atoms with Crippen molar-refractivity contribution in [3.8, 4) is 0 Å². The van der Waals surface area contributed by atoms with Gasteiger partial charge in [-0.25, -0.2) is 4.79 Å². The van der Waals surface area contributed by atoms with E-state index < -0.39 is 23.3 Å². The predicted octanol–water partition coefficient (Wildman–Crippen LogP) is 4.22. The second-order valence-electron chi connectivity index (χ2n) is 8.23. The van der Waals surface area contributed by atoms with Crippen LogP contribution in [0, 0.1) is 16.0 Å². The Morgan fingerprint density at radius 2 is 1.67 bits per heavy atom. The number of hydrogen-bond donors (Lipinski definition) is 1. The fourth-order valence-corrected chi connectivity index (χ4v) is 3.52. The Morgan fingerprint density at radius 1 is 1.03 bits per heavy atom. The second kappa shape index (κ2) is 10.7. The number of nitro benzene ring substituents is 1. The van der Waals surface area contributed by atoms with Crippen LogP contribution in [0.25, 0.3) is 0 Å². The summed E-state index contributed by atoms with van der Waals surface area (Å²) < 4.78 is 5.10. The molecular formula is C24H27N3O6. The molecule has 0 unspecified atom stereocenters. The molecule has 9 nitrogen and oxygen atoms in total. The summed E-state index contributed by atoms with van der Waals surface area (Å²) >= 11 is 0. The first-order valence-electron chi connectivity index (χ1n) is 10.9. The number of ketones is 1. The highest BCUT2D eigenvalue weighted by atomic mass is 16.6. The van der Waals surface area contributed by atoms with Gasteiger partial charge >= 0.3 is 5.97 Å². The normalized spacial score (nSPS) is 13.5. The van der Waals surface area contributed by atoms with Crippen LogP contribution in [0.2, 0.25) is 0 Å². The molecule has 0 saturated carbocycles. The molecule has 2 aromatic rings. The molecule has 1 saturated heterocycles. The molecule has 9 heteroatoms. The minimum atomic E-state index is -0.808. The molecule has 1 amide bonds. The van der Waals surface area contributed by atoms with E-state index in [1.165, 1.54) is 24.3 Å². The van der Waals surface area contributed by atoms with Crippen molar-refractivity contribution in [2.75, 3.05) is 29.9 Å². The van der Waals surface area contributed by atoms with Crippen LogP contribution < -0.4 is 10.2 Å². The molecule has 33 heavy (non-hydrogen) atoms. The summed E-state index contributed by atoms with van der Waals surface area (Å²) in [5.41, 5.74) is 1.22. The first kappa shape index (κ1) is 23.9. The third-order valence-electron chi connectivity index (χ3n) is 5.44. The van der Waals surface area contributed by atoms with Crippen LogP contribution in [0.5, 0.6) is 0 Å². The highest BCUT2D eigenvalue weighted by Gasteiger charge is 2.24. The van der Waals surface area contributed by atoms with Crippen molar-refractivity contribution >= 4 is 34.7 Å². The van der Waals surface area contributed by atoms with Gasteiger partial charge in [0.2, 0.25) is 5.91 Å². The van der Waals surface area contributed by atoms with Crippen LogP contribution in [-0.4, -0.2) is 42.3 Å². The molecule has 0 aromatic heterocycles. The van der Waals surface area contributed by atoms with E-state index in [1.54, 1.807) is 32.0 Å². The number of Topliss-reactive ketones (excluding diaryl/α,β-unsaturated/α-hetero) is 1. The first-order valence-corrected chi connectivity index (χ1v) is 10.9. The van der Waals surface area contributed by atoms with Crippen molar-refractivity contribution in [3.05, 3.63) is 63.7 Å². The van der Waals surface area contributed by atoms with Gasteiger partial charge < -0.3 is 15.0 Å². The molecule has 174 valence electrons. The maximum absolute atomic E-state index is 12.4. The maximum atomic E-state index is 12.4. The number of carbonyl (C=O) groups excluding carboxylic acids is 3.